The fraction of sp³-hybridized carbons (Fsp3) is 0.250. The number of nitrogens with one attached hydrogen (secondary N) is 1. The lowest BCUT2D eigenvalue weighted by Crippen LogP contribution is -2.25. The van der Waals surface area contributed by atoms with E-state index in [1.54, 1.807) is 6.07 Å². The second-order valence-corrected chi connectivity index (χ2v) is 5.54. The highest BCUT2D eigenvalue weighted by molar-refractivity contribution is 9.10. The summed E-state index contributed by atoms with van der Waals surface area (Å²) < 4.78 is 41.6. The van der Waals surface area contributed by atoms with Gasteiger partial charge in [-0.15, -0.1) is 0 Å². The van der Waals surface area contributed by atoms with Crippen molar-refractivity contribution >= 4 is 15.9 Å². The molecule has 5 heteroatoms. The second kappa shape index (κ2) is 7.09. The van der Waals surface area contributed by atoms with Crippen molar-refractivity contribution in [2.45, 2.75) is 19.4 Å². The average Bonchev–Trinajstić information content (AvgIpc) is 2.41. The molecule has 0 fully saturated rings. The maximum absolute atomic E-state index is 13.9. The number of benzene rings is 2. The van der Waals surface area contributed by atoms with Crippen LogP contribution in [0.25, 0.3) is 0 Å². The van der Waals surface area contributed by atoms with Crippen LogP contribution in [0.4, 0.5) is 13.2 Å². The van der Waals surface area contributed by atoms with E-state index >= 15 is 0 Å². The van der Waals surface area contributed by atoms with Gasteiger partial charge in [-0.2, -0.15) is 0 Å². The lowest BCUT2D eigenvalue weighted by molar-refractivity contribution is 0.472. The van der Waals surface area contributed by atoms with E-state index in [0.29, 0.717) is 17.4 Å². The normalized spacial score (nSPS) is 12.4. The number of hydrogen-bond donors (Lipinski definition) is 1. The first-order valence-corrected chi connectivity index (χ1v) is 7.43. The Labute approximate surface area is 130 Å². The minimum absolute atomic E-state index is 0.00979. The molecule has 0 heterocycles. The molecular formula is C16H15BrF3N. The highest BCUT2D eigenvalue weighted by Gasteiger charge is 2.20. The quantitative estimate of drug-likeness (QED) is 0.813. The van der Waals surface area contributed by atoms with Crippen molar-refractivity contribution in [2.24, 2.45) is 0 Å². The van der Waals surface area contributed by atoms with Gasteiger partial charge >= 0.3 is 0 Å². The molecular weight excluding hydrogens is 343 g/mol. The zero-order valence-electron chi connectivity index (χ0n) is 11.5. The first-order valence-electron chi connectivity index (χ1n) is 6.64. The van der Waals surface area contributed by atoms with Gasteiger partial charge in [0.25, 0.3) is 0 Å². The largest absolute Gasteiger partial charge is 0.310 e. The van der Waals surface area contributed by atoms with Crippen LogP contribution in [0.15, 0.2) is 40.9 Å². The van der Waals surface area contributed by atoms with E-state index < -0.39 is 17.7 Å². The van der Waals surface area contributed by atoms with Crippen LogP contribution in [0.5, 0.6) is 0 Å². The Hall–Kier alpha value is -1.33. The van der Waals surface area contributed by atoms with Gasteiger partial charge in [-0.25, -0.2) is 13.2 Å². The van der Waals surface area contributed by atoms with Gasteiger partial charge in [-0.05, 0) is 42.8 Å². The van der Waals surface area contributed by atoms with Crippen molar-refractivity contribution in [3.8, 4) is 0 Å². The molecule has 0 aliphatic rings. The Morgan fingerprint density at radius 3 is 2.33 bits per heavy atom. The predicted octanol–water partition coefficient (Wildman–Crippen LogP) is 4.76. The number of hydrogen-bond acceptors (Lipinski definition) is 1. The zero-order valence-corrected chi connectivity index (χ0v) is 13.1. The van der Waals surface area contributed by atoms with Gasteiger partial charge in [0.05, 0.1) is 0 Å². The summed E-state index contributed by atoms with van der Waals surface area (Å²) in [4.78, 5) is 0. The van der Waals surface area contributed by atoms with Crippen LogP contribution in [0.1, 0.15) is 24.1 Å². The van der Waals surface area contributed by atoms with E-state index in [1.165, 1.54) is 30.3 Å². The minimum Gasteiger partial charge on any atom is -0.310 e. The molecule has 1 N–H and O–H groups in total. The SMILES string of the molecule is CCNC(Cc1ccc(F)cc1Br)c1c(F)cccc1F. The molecule has 0 bridgehead atoms. The molecule has 21 heavy (non-hydrogen) atoms. The maximum Gasteiger partial charge on any atom is 0.130 e. The third-order valence-corrected chi connectivity index (χ3v) is 3.98. The number of halogens is 4. The van der Waals surface area contributed by atoms with Gasteiger partial charge < -0.3 is 5.32 Å². The fourth-order valence-electron chi connectivity index (χ4n) is 2.27. The summed E-state index contributed by atoms with van der Waals surface area (Å²) in [7, 11) is 0. The first-order chi connectivity index (χ1) is 10.0. The molecule has 1 atom stereocenters. The van der Waals surface area contributed by atoms with Crippen molar-refractivity contribution in [1.29, 1.82) is 0 Å². The summed E-state index contributed by atoms with van der Waals surface area (Å²) in [6, 6.07) is 7.59. The van der Waals surface area contributed by atoms with E-state index in [-0.39, 0.29) is 11.4 Å². The summed E-state index contributed by atoms with van der Waals surface area (Å²) >= 11 is 3.28. The highest BCUT2D eigenvalue weighted by atomic mass is 79.9. The molecule has 2 aromatic rings. The van der Waals surface area contributed by atoms with Crippen molar-refractivity contribution in [1.82, 2.24) is 5.32 Å². The lowest BCUT2D eigenvalue weighted by atomic mass is 9.97. The monoisotopic (exact) mass is 357 g/mol. The standard InChI is InChI=1S/C16H15BrF3N/c1-2-21-15(16-13(19)4-3-5-14(16)20)8-10-6-7-11(18)9-12(10)17/h3-7,9,15,21H,2,8H2,1H3. The number of rotatable bonds is 5. The van der Waals surface area contributed by atoms with Gasteiger partial charge in [0.2, 0.25) is 0 Å². The third-order valence-electron chi connectivity index (χ3n) is 3.24. The molecule has 0 aliphatic heterocycles. The topological polar surface area (TPSA) is 12.0 Å². The smallest absolute Gasteiger partial charge is 0.130 e. The molecule has 112 valence electrons. The summed E-state index contributed by atoms with van der Waals surface area (Å²) in [5.74, 6) is -1.53. The van der Waals surface area contributed by atoms with Crippen molar-refractivity contribution in [2.75, 3.05) is 6.54 Å². The maximum atomic E-state index is 13.9. The summed E-state index contributed by atoms with van der Waals surface area (Å²) in [6.45, 7) is 2.43. The third kappa shape index (κ3) is 3.86. The van der Waals surface area contributed by atoms with Crippen LogP contribution in [0.3, 0.4) is 0 Å². The molecule has 1 unspecified atom stereocenters. The van der Waals surface area contributed by atoms with Gasteiger partial charge in [0.1, 0.15) is 17.5 Å². The van der Waals surface area contributed by atoms with Crippen LogP contribution in [0, 0.1) is 17.5 Å². The van der Waals surface area contributed by atoms with E-state index in [2.05, 4.69) is 21.2 Å². The second-order valence-electron chi connectivity index (χ2n) is 4.69. The Balaban J connectivity index is 2.35. The van der Waals surface area contributed by atoms with Crippen LogP contribution >= 0.6 is 15.9 Å². The minimum atomic E-state index is -0.584. The number of likely N-dealkylation sites (N-methyl/N-ethyl adjacent to an activating group) is 1. The van der Waals surface area contributed by atoms with Crippen LogP contribution in [-0.4, -0.2) is 6.54 Å². The fourth-order valence-corrected chi connectivity index (χ4v) is 2.79. The Morgan fingerprint density at radius 1 is 1.10 bits per heavy atom. The van der Waals surface area contributed by atoms with Crippen LogP contribution in [-0.2, 0) is 6.42 Å². The Morgan fingerprint density at radius 2 is 1.76 bits per heavy atom. The molecule has 0 aliphatic carbocycles. The van der Waals surface area contributed by atoms with Gasteiger partial charge in [0.15, 0.2) is 0 Å². The molecule has 1 nitrogen and oxygen atoms in total. The van der Waals surface area contributed by atoms with E-state index in [9.17, 15) is 13.2 Å². The van der Waals surface area contributed by atoms with E-state index in [4.69, 9.17) is 0 Å². The van der Waals surface area contributed by atoms with Gasteiger partial charge in [-0.3, -0.25) is 0 Å². The molecule has 0 saturated heterocycles. The van der Waals surface area contributed by atoms with Gasteiger partial charge in [-0.1, -0.05) is 35.0 Å². The zero-order chi connectivity index (χ0) is 15.4. The average molecular weight is 358 g/mol. The Bertz CT molecular complexity index is 611. The van der Waals surface area contributed by atoms with Gasteiger partial charge in [0, 0.05) is 16.1 Å². The summed E-state index contributed by atoms with van der Waals surface area (Å²) in [6.07, 6.45) is 0.354. The van der Waals surface area contributed by atoms with Crippen molar-refractivity contribution in [3.05, 3.63) is 69.4 Å². The molecule has 2 aromatic carbocycles. The summed E-state index contributed by atoms with van der Waals surface area (Å²) in [5.41, 5.74) is 0.792. The molecule has 0 amide bonds. The van der Waals surface area contributed by atoms with Crippen molar-refractivity contribution < 1.29 is 13.2 Å². The Kier molecular flexibility index (Phi) is 5.42. The lowest BCUT2D eigenvalue weighted by Gasteiger charge is -2.20. The molecule has 0 radical (unpaired) electrons. The first kappa shape index (κ1) is 16.0. The van der Waals surface area contributed by atoms with E-state index in [0.717, 1.165) is 5.56 Å². The highest BCUT2D eigenvalue weighted by Crippen LogP contribution is 2.27. The van der Waals surface area contributed by atoms with Crippen LogP contribution < -0.4 is 5.32 Å². The molecule has 2 rings (SSSR count). The predicted molar refractivity (Wildman–Crippen MR) is 80.6 cm³/mol. The molecule has 0 aromatic heterocycles. The van der Waals surface area contributed by atoms with E-state index in [1.807, 2.05) is 6.92 Å². The molecule has 0 spiro atoms. The molecule has 0 saturated carbocycles. The summed E-state index contributed by atoms with van der Waals surface area (Å²) in [5, 5.41) is 3.08. The van der Waals surface area contributed by atoms with Crippen molar-refractivity contribution in [3.63, 3.8) is 0 Å². The van der Waals surface area contributed by atoms with Crippen LogP contribution in [0.2, 0.25) is 0 Å².